The normalized spacial score (nSPS) is 17.1. The van der Waals surface area contributed by atoms with Crippen LogP contribution in [-0.4, -0.2) is 31.2 Å². The highest BCUT2D eigenvalue weighted by Gasteiger charge is 2.12. The van der Waals surface area contributed by atoms with E-state index in [0.717, 1.165) is 26.2 Å². The van der Waals surface area contributed by atoms with E-state index in [1.807, 2.05) is 12.3 Å². The molecule has 0 bridgehead atoms. The number of aromatic nitrogens is 1. The van der Waals surface area contributed by atoms with E-state index in [2.05, 4.69) is 15.2 Å². The van der Waals surface area contributed by atoms with Crippen LogP contribution in [0.5, 0.6) is 0 Å². The predicted octanol–water partition coefficient (Wildman–Crippen LogP) is -0.0501. The van der Waals surface area contributed by atoms with Crippen molar-refractivity contribution in [2.75, 3.05) is 31.1 Å². The van der Waals surface area contributed by atoms with E-state index >= 15 is 0 Å². The molecule has 0 spiro atoms. The van der Waals surface area contributed by atoms with E-state index in [-0.39, 0.29) is 0 Å². The molecule has 2 heterocycles. The lowest BCUT2D eigenvalue weighted by atomic mass is 10.2. The predicted molar refractivity (Wildman–Crippen MR) is 57.2 cm³/mol. The van der Waals surface area contributed by atoms with E-state index in [0.29, 0.717) is 6.54 Å². The number of nitrogens with zero attached hydrogens (tertiary/aromatic N) is 2. The summed E-state index contributed by atoms with van der Waals surface area (Å²) in [6.07, 6.45) is 3.71. The van der Waals surface area contributed by atoms with Gasteiger partial charge in [0.1, 0.15) is 0 Å². The van der Waals surface area contributed by atoms with E-state index in [9.17, 15) is 0 Å². The summed E-state index contributed by atoms with van der Waals surface area (Å²) in [4.78, 5) is 6.49. The number of hydrogen-bond donors (Lipinski definition) is 2. The maximum Gasteiger partial charge on any atom is 0.0599 e. The summed E-state index contributed by atoms with van der Waals surface area (Å²) in [5, 5.41) is 3.33. The first-order valence-electron chi connectivity index (χ1n) is 5.00. The Morgan fingerprint density at radius 1 is 1.43 bits per heavy atom. The molecule has 0 atom stereocenters. The molecule has 4 nitrogen and oxygen atoms in total. The average Bonchev–Trinajstić information content (AvgIpc) is 2.30. The third-order valence-corrected chi connectivity index (χ3v) is 2.57. The molecule has 0 saturated carbocycles. The van der Waals surface area contributed by atoms with Crippen molar-refractivity contribution in [2.45, 2.75) is 6.54 Å². The average molecular weight is 192 g/mol. The summed E-state index contributed by atoms with van der Waals surface area (Å²) in [6.45, 7) is 4.75. The van der Waals surface area contributed by atoms with Gasteiger partial charge in [0.25, 0.3) is 0 Å². The standard InChI is InChI=1S/C10H16N4/c11-7-9-1-2-13-8-10(9)14-5-3-12-4-6-14/h1-2,8,12H,3-7,11H2. The van der Waals surface area contributed by atoms with E-state index < -0.39 is 0 Å². The number of anilines is 1. The first kappa shape index (κ1) is 9.43. The van der Waals surface area contributed by atoms with Crippen LogP contribution in [-0.2, 0) is 6.54 Å². The van der Waals surface area contributed by atoms with Crippen LogP contribution in [0.2, 0.25) is 0 Å². The van der Waals surface area contributed by atoms with Crippen LogP contribution in [0.4, 0.5) is 5.69 Å². The van der Waals surface area contributed by atoms with Gasteiger partial charge in [-0.3, -0.25) is 4.98 Å². The Labute approximate surface area is 84.1 Å². The molecule has 0 unspecified atom stereocenters. The molecule has 0 amide bonds. The lowest BCUT2D eigenvalue weighted by Crippen LogP contribution is -2.44. The molecule has 0 aliphatic carbocycles. The number of rotatable bonds is 2. The summed E-state index contributed by atoms with van der Waals surface area (Å²) in [5.74, 6) is 0. The van der Waals surface area contributed by atoms with Crippen molar-refractivity contribution in [3.8, 4) is 0 Å². The van der Waals surface area contributed by atoms with Gasteiger partial charge in [-0.25, -0.2) is 0 Å². The van der Waals surface area contributed by atoms with Crippen molar-refractivity contribution in [2.24, 2.45) is 5.73 Å². The van der Waals surface area contributed by atoms with Crippen molar-refractivity contribution < 1.29 is 0 Å². The number of piperazine rings is 1. The van der Waals surface area contributed by atoms with Crippen LogP contribution in [0.1, 0.15) is 5.56 Å². The molecule has 0 radical (unpaired) electrons. The fourth-order valence-corrected chi connectivity index (χ4v) is 1.78. The van der Waals surface area contributed by atoms with Crippen LogP contribution in [0.3, 0.4) is 0 Å². The fraction of sp³-hybridized carbons (Fsp3) is 0.500. The highest BCUT2D eigenvalue weighted by Crippen LogP contribution is 2.18. The maximum atomic E-state index is 5.69. The lowest BCUT2D eigenvalue weighted by molar-refractivity contribution is 0.587. The zero-order valence-electron chi connectivity index (χ0n) is 8.24. The number of pyridine rings is 1. The Morgan fingerprint density at radius 2 is 2.21 bits per heavy atom. The second-order valence-electron chi connectivity index (χ2n) is 3.45. The largest absolute Gasteiger partial charge is 0.367 e. The Balaban J connectivity index is 2.20. The van der Waals surface area contributed by atoms with Crippen LogP contribution in [0.15, 0.2) is 18.5 Å². The van der Waals surface area contributed by atoms with Crippen LogP contribution < -0.4 is 16.0 Å². The summed E-state index contributed by atoms with van der Waals surface area (Å²) in [5.41, 5.74) is 8.06. The first-order valence-corrected chi connectivity index (χ1v) is 5.00. The zero-order valence-corrected chi connectivity index (χ0v) is 8.24. The van der Waals surface area contributed by atoms with Gasteiger partial charge < -0.3 is 16.0 Å². The molecule has 1 aromatic heterocycles. The third-order valence-electron chi connectivity index (χ3n) is 2.57. The van der Waals surface area contributed by atoms with E-state index in [1.54, 1.807) is 6.20 Å². The van der Waals surface area contributed by atoms with Gasteiger partial charge in [-0.15, -0.1) is 0 Å². The topological polar surface area (TPSA) is 54.2 Å². The third kappa shape index (κ3) is 1.86. The van der Waals surface area contributed by atoms with Gasteiger partial charge in [0.15, 0.2) is 0 Å². The smallest absolute Gasteiger partial charge is 0.0599 e. The molecule has 3 N–H and O–H groups in total. The highest BCUT2D eigenvalue weighted by atomic mass is 15.2. The molecule has 1 saturated heterocycles. The van der Waals surface area contributed by atoms with Crippen molar-refractivity contribution in [1.29, 1.82) is 0 Å². The minimum Gasteiger partial charge on any atom is -0.367 e. The second kappa shape index (κ2) is 4.39. The molecule has 4 heteroatoms. The number of nitrogens with two attached hydrogens (primary N) is 1. The van der Waals surface area contributed by atoms with Crippen LogP contribution >= 0.6 is 0 Å². The van der Waals surface area contributed by atoms with Crippen molar-refractivity contribution in [3.05, 3.63) is 24.0 Å². The van der Waals surface area contributed by atoms with Gasteiger partial charge in [-0.2, -0.15) is 0 Å². The number of hydrogen-bond acceptors (Lipinski definition) is 4. The van der Waals surface area contributed by atoms with Gasteiger partial charge in [-0.05, 0) is 11.6 Å². The molecule has 1 aliphatic heterocycles. The summed E-state index contributed by atoms with van der Waals surface area (Å²) in [7, 11) is 0. The fourth-order valence-electron chi connectivity index (χ4n) is 1.78. The van der Waals surface area contributed by atoms with Crippen LogP contribution in [0.25, 0.3) is 0 Å². The molecule has 0 aromatic carbocycles. The molecular weight excluding hydrogens is 176 g/mol. The SMILES string of the molecule is NCc1ccncc1N1CCNCC1. The van der Waals surface area contributed by atoms with Crippen molar-refractivity contribution in [1.82, 2.24) is 10.3 Å². The maximum absolute atomic E-state index is 5.69. The molecule has 1 aliphatic rings. The molecule has 1 aromatic rings. The van der Waals surface area contributed by atoms with Gasteiger partial charge in [0, 0.05) is 38.9 Å². The highest BCUT2D eigenvalue weighted by molar-refractivity contribution is 5.51. The minimum absolute atomic E-state index is 0.585. The van der Waals surface area contributed by atoms with Crippen LogP contribution in [0, 0.1) is 0 Å². The molecule has 76 valence electrons. The molecular formula is C10H16N4. The minimum atomic E-state index is 0.585. The van der Waals surface area contributed by atoms with Crippen molar-refractivity contribution >= 4 is 5.69 Å². The van der Waals surface area contributed by atoms with Gasteiger partial charge in [0.05, 0.1) is 11.9 Å². The second-order valence-corrected chi connectivity index (χ2v) is 3.45. The first-order chi connectivity index (χ1) is 6.92. The summed E-state index contributed by atoms with van der Waals surface area (Å²) >= 11 is 0. The lowest BCUT2D eigenvalue weighted by Gasteiger charge is -2.30. The Morgan fingerprint density at radius 3 is 2.93 bits per heavy atom. The quantitative estimate of drug-likeness (QED) is 0.690. The summed E-state index contributed by atoms with van der Waals surface area (Å²) in [6, 6.07) is 2.00. The van der Waals surface area contributed by atoms with Crippen molar-refractivity contribution in [3.63, 3.8) is 0 Å². The monoisotopic (exact) mass is 192 g/mol. The molecule has 2 rings (SSSR count). The Kier molecular flexibility index (Phi) is 2.96. The number of nitrogens with one attached hydrogen (secondary N) is 1. The Hall–Kier alpha value is -1.13. The molecule has 14 heavy (non-hydrogen) atoms. The van der Waals surface area contributed by atoms with E-state index in [4.69, 9.17) is 5.73 Å². The van der Waals surface area contributed by atoms with Gasteiger partial charge in [-0.1, -0.05) is 0 Å². The Bertz CT molecular complexity index is 294. The van der Waals surface area contributed by atoms with Gasteiger partial charge in [0.2, 0.25) is 0 Å². The summed E-state index contributed by atoms with van der Waals surface area (Å²) < 4.78 is 0. The molecule has 1 fully saturated rings. The van der Waals surface area contributed by atoms with E-state index in [1.165, 1.54) is 11.3 Å². The van der Waals surface area contributed by atoms with Gasteiger partial charge >= 0.3 is 0 Å². The zero-order chi connectivity index (χ0) is 9.80.